The highest BCUT2D eigenvalue weighted by Crippen LogP contribution is 2.67. The number of hydrogen-bond acceptors (Lipinski definition) is 5. The summed E-state index contributed by atoms with van der Waals surface area (Å²) >= 11 is 0. The van der Waals surface area contributed by atoms with Crippen LogP contribution in [0.1, 0.15) is 72.1 Å². The van der Waals surface area contributed by atoms with Gasteiger partial charge < -0.3 is 20.6 Å². The molecule has 5 aliphatic rings. The van der Waals surface area contributed by atoms with Gasteiger partial charge in [-0.25, -0.2) is 0 Å². The van der Waals surface area contributed by atoms with Gasteiger partial charge in [0.15, 0.2) is 5.78 Å². The first kappa shape index (κ1) is 20.2. The number of carbonyl (C=O) groups is 1. The summed E-state index contributed by atoms with van der Waals surface area (Å²) in [6.07, 6.45) is 7.00. The standard InChI is InChI=1S/C24H37NO4/c1-13(25-14-4-5-14)15-7-9-24(29)17-10-19(26)18-11-20(27)21(28)12-22(18,2)16(17)6-8-23(15,24)3/h10,13-16,18,20-21,25,27-29H,4-9,11-12H2,1-3H3/t13?,15?,16?,18?,20?,21?,22?,23?,24-/m1/s1. The number of allylic oxidation sites excluding steroid dienone is 1. The summed E-state index contributed by atoms with van der Waals surface area (Å²) in [5.41, 5.74) is -0.621. The Bertz CT molecular complexity index is 747. The molecule has 0 aromatic carbocycles. The quantitative estimate of drug-likeness (QED) is 0.581. The largest absolute Gasteiger partial charge is 0.390 e. The molecule has 0 amide bonds. The van der Waals surface area contributed by atoms with Gasteiger partial charge in [0.25, 0.3) is 0 Å². The van der Waals surface area contributed by atoms with Gasteiger partial charge in [-0.3, -0.25) is 4.79 Å². The van der Waals surface area contributed by atoms with Crippen LogP contribution in [0.2, 0.25) is 0 Å². The Labute approximate surface area is 174 Å². The predicted molar refractivity (Wildman–Crippen MR) is 110 cm³/mol. The van der Waals surface area contributed by atoms with Crippen molar-refractivity contribution >= 4 is 5.78 Å². The molecule has 162 valence electrons. The summed E-state index contributed by atoms with van der Waals surface area (Å²) < 4.78 is 0. The van der Waals surface area contributed by atoms with Gasteiger partial charge in [0.1, 0.15) is 0 Å². The van der Waals surface area contributed by atoms with Crippen LogP contribution in [0.15, 0.2) is 11.6 Å². The highest BCUT2D eigenvalue weighted by Gasteiger charge is 2.66. The summed E-state index contributed by atoms with van der Waals surface area (Å²) in [4.78, 5) is 13.2. The molecule has 0 spiro atoms. The first-order valence-electron chi connectivity index (χ1n) is 11.7. The fraction of sp³-hybridized carbons (Fsp3) is 0.875. The van der Waals surface area contributed by atoms with E-state index in [0.29, 0.717) is 37.3 Å². The zero-order valence-corrected chi connectivity index (χ0v) is 18.0. The molecule has 0 heterocycles. The topological polar surface area (TPSA) is 89.8 Å². The summed E-state index contributed by atoms with van der Waals surface area (Å²) in [5, 5.41) is 36.5. The Hall–Kier alpha value is -0.750. The van der Waals surface area contributed by atoms with E-state index in [0.717, 1.165) is 24.8 Å². The van der Waals surface area contributed by atoms with Crippen molar-refractivity contribution in [2.75, 3.05) is 0 Å². The van der Waals surface area contributed by atoms with Crippen molar-refractivity contribution in [2.45, 2.75) is 102 Å². The minimum atomic E-state index is -0.940. The van der Waals surface area contributed by atoms with Crippen LogP contribution in [0.4, 0.5) is 0 Å². The van der Waals surface area contributed by atoms with Crippen molar-refractivity contribution < 1.29 is 20.1 Å². The second-order valence-electron chi connectivity index (χ2n) is 11.4. The molecular weight excluding hydrogens is 366 g/mol. The number of nitrogens with one attached hydrogen (secondary N) is 1. The maximum atomic E-state index is 13.2. The van der Waals surface area contributed by atoms with Crippen LogP contribution in [0, 0.1) is 28.6 Å². The maximum absolute atomic E-state index is 13.2. The molecule has 9 atom stereocenters. The van der Waals surface area contributed by atoms with Gasteiger partial charge in [-0.05, 0) is 87.2 Å². The lowest BCUT2D eigenvalue weighted by Gasteiger charge is -2.60. The van der Waals surface area contributed by atoms with E-state index >= 15 is 0 Å². The van der Waals surface area contributed by atoms with Crippen molar-refractivity contribution in [3.05, 3.63) is 11.6 Å². The first-order chi connectivity index (χ1) is 13.6. The lowest BCUT2D eigenvalue weighted by molar-refractivity contribution is -0.152. The Morgan fingerprint density at radius 2 is 1.79 bits per heavy atom. The third-order valence-electron chi connectivity index (χ3n) is 9.87. The van der Waals surface area contributed by atoms with E-state index in [4.69, 9.17) is 0 Å². The fourth-order valence-corrected chi connectivity index (χ4v) is 7.95. The molecule has 0 radical (unpaired) electrons. The Morgan fingerprint density at radius 3 is 2.48 bits per heavy atom. The molecule has 0 bridgehead atoms. The lowest BCUT2D eigenvalue weighted by Crippen LogP contribution is -2.61. The van der Waals surface area contributed by atoms with Crippen LogP contribution < -0.4 is 5.32 Å². The zero-order chi connectivity index (χ0) is 20.8. The maximum Gasteiger partial charge on any atom is 0.159 e. The van der Waals surface area contributed by atoms with E-state index in [9.17, 15) is 20.1 Å². The predicted octanol–water partition coefficient (Wildman–Crippen LogP) is 2.33. The molecule has 5 heteroatoms. The molecule has 8 unspecified atom stereocenters. The molecule has 4 fully saturated rings. The second kappa shape index (κ2) is 6.38. The van der Waals surface area contributed by atoms with Crippen molar-refractivity contribution in [3.8, 4) is 0 Å². The average molecular weight is 404 g/mol. The Balaban J connectivity index is 1.50. The number of carbonyl (C=O) groups excluding carboxylic acids is 1. The molecule has 0 saturated heterocycles. The minimum Gasteiger partial charge on any atom is -0.390 e. The van der Waals surface area contributed by atoms with Crippen LogP contribution in [0.3, 0.4) is 0 Å². The number of fused-ring (bicyclic) bond motifs is 5. The third kappa shape index (κ3) is 2.70. The summed E-state index contributed by atoms with van der Waals surface area (Å²) in [5.74, 6) is 0.287. The second-order valence-corrected chi connectivity index (χ2v) is 11.4. The van der Waals surface area contributed by atoms with Crippen LogP contribution >= 0.6 is 0 Å². The monoisotopic (exact) mass is 403 g/mol. The lowest BCUT2D eigenvalue weighted by atomic mass is 9.46. The molecule has 29 heavy (non-hydrogen) atoms. The van der Waals surface area contributed by atoms with Crippen molar-refractivity contribution in [2.24, 2.45) is 28.6 Å². The summed E-state index contributed by atoms with van der Waals surface area (Å²) in [6.45, 7) is 6.62. The van der Waals surface area contributed by atoms with E-state index in [1.807, 2.05) is 0 Å². The fourth-order valence-electron chi connectivity index (χ4n) is 7.95. The van der Waals surface area contributed by atoms with Gasteiger partial charge in [-0.1, -0.05) is 13.8 Å². The van der Waals surface area contributed by atoms with Crippen LogP contribution in [-0.4, -0.2) is 51.0 Å². The van der Waals surface area contributed by atoms with Crippen LogP contribution in [0.5, 0.6) is 0 Å². The van der Waals surface area contributed by atoms with E-state index in [1.54, 1.807) is 6.08 Å². The molecular formula is C24H37NO4. The van der Waals surface area contributed by atoms with E-state index in [2.05, 4.69) is 26.1 Å². The number of ketones is 1. The van der Waals surface area contributed by atoms with E-state index in [-0.39, 0.29) is 28.4 Å². The molecule has 5 rings (SSSR count). The van der Waals surface area contributed by atoms with E-state index < -0.39 is 17.8 Å². The Morgan fingerprint density at radius 1 is 1.07 bits per heavy atom. The van der Waals surface area contributed by atoms with Gasteiger partial charge >= 0.3 is 0 Å². The SMILES string of the molecule is CC(NC1CC1)C1CC[C@@]2(O)C3=CC(=O)C4CC(O)C(O)CC4(C)C3CCC12C. The molecule has 4 N–H and O–H groups in total. The number of aliphatic hydroxyl groups is 3. The van der Waals surface area contributed by atoms with Crippen LogP contribution in [-0.2, 0) is 4.79 Å². The van der Waals surface area contributed by atoms with Gasteiger partial charge in [0, 0.05) is 23.4 Å². The number of rotatable bonds is 3. The van der Waals surface area contributed by atoms with Crippen molar-refractivity contribution in [1.29, 1.82) is 0 Å². The number of hydrogen-bond donors (Lipinski definition) is 4. The highest BCUT2D eigenvalue weighted by molar-refractivity contribution is 5.95. The smallest absolute Gasteiger partial charge is 0.159 e. The van der Waals surface area contributed by atoms with Crippen molar-refractivity contribution in [3.63, 3.8) is 0 Å². The summed E-state index contributed by atoms with van der Waals surface area (Å²) in [6, 6.07) is 1.01. The molecule has 5 aliphatic carbocycles. The molecule has 0 aromatic rings. The minimum absolute atomic E-state index is 0.0370. The van der Waals surface area contributed by atoms with E-state index in [1.165, 1.54) is 12.8 Å². The summed E-state index contributed by atoms with van der Waals surface area (Å²) in [7, 11) is 0. The Kier molecular flexibility index (Phi) is 4.44. The molecule has 0 aliphatic heterocycles. The zero-order valence-electron chi connectivity index (χ0n) is 18.0. The molecule has 4 saturated carbocycles. The number of aliphatic hydroxyl groups excluding tert-OH is 2. The molecule has 5 nitrogen and oxygen atoms in total. The highest BCUT2D eigenvalue weighted by atomic mass is 16.3. The average Bonchev–Trinajstić information content (AvgIpc) is 3.40. The first-order valence-corrected chi connectivity index (χ1v) is 11.7. The third-order valence-corrected chi connectivity index (χ3v) is 9.87. The van der Waals surface area contributed by atoms with Gasteiger partial charge in [-0.2, -0.15) is 0 Å². The van der Waals surface area contributed by atoms with Crippen LogP contribution in [0.25, 0.3) is 0 Å². The van der Waals surface area contributed by atoms with Gasteiger partial charge in [0.05, 0.1) is 17.8 Å². The van der Waals surface area contributed by atoms with Gasteiger partial charge in [-0.15, -0.1) is 0 Å². The van der Waals surface area contributed by atoms with Crippen molar-refractivity contribution in [1.82, 2.24) is 5.32 Å². The van der Waals surface area contributed by atoms with Gasteiger partial charge in [0.2, 0.25) is 0 Å². The molecule has 0 aromatic heterocycles. The normalized spacial score (nSPS) is 53.0.